The lowest BCUT2D eigenvalue weighted by Gasteiger charge is -2.34. The minimum absolute atomic E-state index is 0.0284. The van der Waals surface area contributed by atoms with E-state index >= 15 is 0 Å². The van der Waals surface area contributed by atoms with Gasteiger partial charge in [0.1, 0.15) is 6.04 Å². The van der Waals surface area contributed by atoms with E-state index in [2.05, 4.69) is 28.1 Å². The van der Waals surface area contributed by atoms with Gasteiger partial charge in [-0.2, -0.15) is 5.26 Å². The van der Waals surface area contributed by atoms with Crippen LogP contribution >= 0.6 is 0 Å². The van der Waals surface area contributed by atoms with E-state index < -0.39 is 0 Å². The van der Waals surface area contributed by atoms with E-state index in [1.54, 1.807) is 0 Å². The van der Waals surface area contributed by atoms with Gasteiger partial charge < -0.3 is 4.90 Å². The second-order valence-electron chi connectivity index (χ2n) is 4.86. The average molecular weight is 222 g/mol. The van der Waals surface area contributed by atoms with Crippen molar-refractivity contribution in [3.8, 4) is 6.07 Å². The van der Waals surface area contributed by atoms with Gasteiger partial charge in [0, 0.05) is 38.8 Å². The molecule has 0 radical (unpaired) electrons. The maximum absolute atomic E-state index is 9.08. The van der Waals surface area contributed by atoms with Crippen LogP contribution in [0.15, 0.2) is 0 Å². The number of hydrogen-bond donors (Lipinski definition) is 1. The van der Waals surface area contributed by atoms with Crippen molar-refractivity contribution < 1.29 is 0 Å². The van der Waals surface area contributed by atoms with Crippen LogP contribution in [0.25, 0.3) is 0 Å². The fraction of sp³-hybridized carbons (Fsp3) is 0.917. The highest BCUT2D eigenvalue weighted by atomic mass is 15.3. The highest BCUT2D eigenvalue weighted by molar-refractivity contribution is 4.97. The van der Waals surface area contributed by atoms with Crippen LogP contribution in [0.2, 0.25) is 0 Å². The molecule has 1 aliphatic heterocycles. The second kappa shape index (κ2) is 5.62. The third-order valence-corrected chi connectivity index (χ3v) is 3.52. The summed E-state index contributed by atoms with van der Waals surface area (Å²) in [6.07, 6.45) is 2.50. The number of nitriles is 1. The minimum atomic E-state index is 0.0284. The molecule has 4 heteroatoms. The van der Waals surface area contributed by atoms with Crippen LogP contribution in [0.1, 0.15) is 19.8 Å². The van der Waals surface area contributed by atoms with Crippen molar-refractivity contribution >= 4 is 0 Å². The second-order valence-corrected chi connectivity index (χ2v) is 4.86. The van der Waals surface area contributed by atoms with Crippen molar-refractivity contribution in [2.75, 3.05) is 39.3 Å². The molecule has 0 aromatic heterocycles. The van der Waals surface area contributed by atoms with Gasteiger partial charge >= 0.3 is 0 Å². The maximum atomic E-state index is 9.08. The van der Waals surface area contributed by atoms with Crippen LogP contribution in [0, 0.1) is 11.3 Å². The fourth-order valence-corrected chi connectivity index (χ4v) is 2.21. The van der Waals surface area contributed by atoms with Gasteiger partial charge in [0.15, 0.2) is 0 Å². The van der Waals surface area contributed by atoms with E-state index in [0.717, 1.165) is 39.3 Å². The summed E-state index contributed by atoms with van der Waals surface area (Å²) in [5.41, 5.74) is 0. The third kappa shape index (κ3) is 3.44. The van der Waals surface area contributed by atoms with Gasteiger partial charge in [-0.05, 0) is 19.4 Å². The molecule has 1 unspecified atom stereocenters. The molecule has 0 aromatic rings. The van der Waals surface area contributed by atoms with Crippen molar-refractivity contribution in [2.45, 2.75) is 31.8 Å². The van der Waals surface area contributed by atoms with Crippen LogP contribution in [0.4, 0.5) is 0 Å². The molecule has 1 heterocycles. The van der Waals surface area contributed by atoms with E-state index in [4.69, 9.17) is 5.26 Å². The smallest absolute Gasteiger partial charge is 0.108 e. The van der Waals surface area contributed by atoms with Crippen LogP contribution in [0.3, 0.4) is 0 Å². The molecule has 1 N–H and O–H groups in total. The SMILES string of the molecule is CCN1CCN(CC(C#N)NC2CC2)CC1. The van der Waals surface area contributed by atoms with Crippen LogP contribution < -0.4 is 5.32 Å². The summed E-state index contributed by atoms with van der Waals surface area (Å²) >= 11 is 0. The summed E-state index contributed by atoms with van der Waals surface area (Å²) in [6.45, 7) is 8.77. The Hall–Kier alpha value is -0.630. The van der Waals surface area contributed by atoms with Crippen molar-refractivity contribution in [2.24, 2.45) is 0 Å². The van der Waals surface area contributed by atoms with E-state index in [0.29, 0.717) is 6.04 Å². The Morgan fingerprint density at radius 2 is 1.88 bits per heavy atom. The number of nitrogens with zero attached hydrogens (tertiary/aromatic N) is 3. The molecule has 1 atom stereocenters. The lowest BCUT2D eigenvalue weighted by atomic mass is 10.2. The Labute approximate surface area is 98.2 Å². The Balaban J connectivity index is 1.70. The first-order chi connectivity index (χ1) is 7.81. The summed E-state index contributed by atoms with van der Waals surface area (Å²) in [5, 5.41) is 12.5. The summed E-state index contributed by atoms with van der Waals surface area (Å²) < 4.78 is 0. The molecular weight excluding hydrogens is 200 g/mol. The highest BCUT2D eigenvalue weighted by Gasteiger charge is 2.26. The van der Waals surface area contributed by atoms with E-state index in [9.17, 15) is 0 Å². The Kier molecular flexibility index (Phi) is 4.16. The number of nitrogens with one attached hydrogen (secondary N) is 1. The normalized spacial score (nSPS) is 25.2. The average Bonchev–Trinajstić information content (AvgIpc) is 3.13. The molecule has 0 spiro atoms. The number of piperazine rings is 1. The first-order valence-corrected chi connectivity index (χ1v) is 6.42. The van der Waals surface area contributed by atoms with Gasteiger partial charge in [-0.15, -0.1) is 0 Å². The van der Waals surface area contributed by atoms with Gasteiger partial charge in [-0.1, -0.05) is 6.92 Å². The molecule has 1 saturated heterocycles. The molecule has 0 aromatic carbocycles. The monoisotopic (exact) mass is 222 g/mol. The number of likely N-dealkylation sites (N-methyl/N-ethyl adjacent to an activating group) is 1. The summed E-state index contributed by atoms with van der Waals surface area (Å²) in [6, 6.07) is 3.03. The lowest BCUT2D eigenvalue weighted by Crippen LogP contribution is -2.50. The summed E-state index contributed by atoms with van der Waals surface area (Å²) in [4.78, 5) is 4.88. The Morgan fingerprint density at radius 1 is 1.25 bits per heavy atom. The molecule has 1 saturated carbocycles. The van der Waals surface area contributed by atoms with Crippen LogP contribution in [-0.4, -0.2) is 61.2 Å². The predicted molar refractivity (Wildman–Crippen MR) is 64.1 cm³/mol. The zero-order valence-electron chi connectivity index (χ0n) is 10.2. The van der Waals surface area contributed by atoms with Crippen molar-refractivity contribution in [3.05, 3.63) is 0 Å². The Bertz CT molecular complexity index is 248. The van der Waals surface area contributed by atoms with Gasteiger partial charge in [-0.25, -0.2) is 0 Å². The topological polar surface area (TPSA) is 42.3 Å². The largest absolute Gasteiger partial charge is 0.301 e. The van der Waals surface area contributed by atoms with E-state index in [1.165, 1.54) is 12.8 Å². The van der Waals surface area contributed by atoms with Crippen molar-refractivity contribution in [1.82, 2.24) is 15.1 Å². The zero-order chi connectivity index (χ0) is 11.4. The highest BCUT2D eigenvalue weighted by Crippen LogP contribution is 2.19. The summed E-state index contributed by atoms with van der Waals surface area (Å²) in [7, 11) is 0. The fourth-order valence-electron chi connectivity index (χ4n) is 2.21. The van der Waals surface area contributed by atoms with E-state index in [-0.39, 0.29) is 6.04 Å². The third-order valence-electron chi connectivity index (χ3n) is 3.52. The molecule has 2 rings (SSSR count). The summed E-state index contributed by atoms with van der Waals surface area (Å²) in [5.74, 6) is 0. The molecule has 0 bridgehead atoms. The van der Waals surface area contributed by atoms with Crippen LogP contribution in [0.5, 0.6) is 0 Å². The molecular formula is C12H22N4. The predicted octanol–water partition coefficient (Wildman–Crippen LogP) is 0.268. The van der Waals surface area contributed by atoms with Gasteiger partial charge in [0.25, 0.3) is 0 Å². The van der Waals surface area contributed by atoms with Crippen LogP contribution in [-0.2, 0) is 0 Å². The quantitative estimate of drug-likeness (QED) is 0.725. The van der Waals surface area contributed by atoms with Gasteiger partial charge in [0.05, 0.1) is 6.07 Å². The Morgan fingerprint density at radius 3 is 2.38 bits per heavy atom. The zero-order valence-corrected chi connectivity index (χ0v) is 10.2. The minimum Gasteiger partial charge on any atom is -0.301 e. The first-order valence-electron chi connectivity index (χ1n) is 6.42. The molecule has 4 nitrogen and oxygen atoms in total. The number of hydrogen-bond acceptors (Lipinski definition) is 4. The maximum Gasteiger partial charge on any atom is 0.108 e. The van der Waals surface area contributed by atoms with Crippen molar-refractivity contribution in [1.29, 1.82) is 5.26 Å². The molecule has 2 fully saturated rings. The standard InChI is InChI=1S/C12H22N4/c1-2-15-5-7-16(8-6-15)10-12(9-13)14-11-3-4-11/h11-12,14H,2-8,10H2,1H3. The van der Waals surface area contributed by atoms with E-state index in [1.807, 2.05) is 0 Å². The molecule has 90 valence electrons. The van der Waals surface area contributed by atoms with Crippen molar-refractivity contribution in [3.63, 3.8) is 0 Å². The van der Waals surface area contributed by atoms with Gasteiger partial charge in [-0.3, -0.25) is 10.2 Å². The number of rotatable bonds is 5. The molecule has 0 amide bonds. The molecule has 16 heavy (non-hydrogen) atoms. The lowest BCUT2D eigenvalue weighted by molar-refractivity contribution is 0.132. The first kappa shape index (κ1) is 11.8. The van der Waals surface area contributed by atoms with Gasteiger partial charge in [0.2, 0.25) is 0 Å². The molecule has 2 aliphatic rings. The molecule has 1 aliphatic carbocycles.